The fourth-order valence-corrected chi connectivity index (χ4v) is 2.52. The normalized spacial score (nSPS) is 11.0. The molecule has 0 unspecified atom stereocenters. The first-order valence-electron chi connectivity index (χ1n) is 7.71. The molecule has 0 aliphatic heterocycles. The fourth-order valence-electron chi connectivity index (χ4n) is 2.52. The number of rotatable bonds is 5. The van der Waals surface area contributed by atoms with Gasteiger partial charge in [0.2, 0.25) is 0 Å². The minimum atomic E-state index is -0.0535. The molecular weight excluding hydrogens is 284 g/mol. The molecule has 0 amide bonds. The van der Waals surface area contributed by atoms with Crippen LogP contribution in [0.5, 0.6) is 5.75 Å². The molecule has 0 N–H and O–H groups in total. The number of hydrogen-bond acceptors (Lipinski definition) is 2. The first kappa shape index (κ1) is 15.0. The van der Waals surface area contributed by atoms with Crippen LogP contribution in [0.1, 0.15) is 22.8 Å². The molecule has 0 bridgehead atoms. The second-order valence-corrected chi connectivity index (χ2v) is 5.23. The lowest BCUT2D eigenvalue weighted by molar-refractivity contribution is 0.104. The molecule has 0 aliphatic rings. The van der Waals surface area contributed by atoms with Crippen LogP contribution in [0.15, 0.2) is 72.8 Å². The Bertz CT molecular complexity index is 862. The zero-order valence-electron chi connectivity index (χ0n) is 13.0. The molecule has 0 heterocycles. The lowest BCUT2D eigenvalue weighted by Gasteiger charge is -2.07. The van der Waals surface area contributed by atoms with Crippen LogP contribution < -0.4 is 4.74 Å². The summed E-state index contributed by atoms with van der Waals surface area (Å²) in [5.41, 5.74) is 1.59. The summed E-state index contributed by atoms with van der Waals surface area (Å²) in [6.45, 7) is 2.45. The average Bonchev–Trinajstić information content (AvgIpc) is 2.60. The Labute approximate surface area is 136 Å². The molecule has 23 heavy (non-hydrogen) atoms. The van der Waals surface area contributed by atoms with E-state index in [1.165, 1.54) is 5.39 Å². The van der Waals surface area contributed by atoms with E-state index in [2.05, 4.69) is 24.3 Å². The Hall–Kier alpha value is -2.87. The lowest BCUT2D eigenvalue weighted by atomic mass is 10.0. The van der Waals surface area contributed by atoms with Crippen LogP contribution in [-0.2, 0) is 0 Å². The molecule has 0 saturated carbocycles. The Morgan fingerprint density at radius 2 is 1.70 bits per heavy atom. The summed E-state index contributed by atoms with van der Waals surface area (Å²) in [6, 6.07) is 21.7. The number of allylic oxidation sites excluding steroid dienone is 1. The summed E-state index contributed by atoms with van der Waals surface area (Å²) >= 11 is 0. The van der Waals surface area contributed by atoms with Gasteiger partial charge in [-0.05, 0) is 47.5 Å². The van der Waals surface area contributed by atoms with Gasteiger partial charge in [0.05, 0.1) is 12.2 Å². The largest absolute Gasteiger partial charge is 0.493 e. The van der Waals surface area contributed by atoms with Crippen LogP contribution in [0.25, 0.3) is 16.8 Å². The smallest absolute Gasteiger partial charge is 0.189 e. The molecule has 0 aliphatic carbocycles. The molecule has 0 saturated heterocycles. The highest BCUT2D eigenvalue weighted by Crippen LogP contribution is 2.20. The maximum absolute atomic E-state index is 12.4. The molecule has 0 aromatic heterocycles. The molecule has 0 spiro atoms. The maximum Gasteiger partial charge on any atom is 0.189 e. The highest BCUT2D eigenvalue weighted by molar-refractivity contribution is 6.08. The van der Waals surface area contributed by atoms with E-state index in [1.54, 1.807) is 12.1 Å². The van der Waals surface area contributed by atoms with E-state index in [4.69, 9.17) is 4.74 Å². The van der Waals surface area contributed by atoms with Gasteiger partial charge >= 0.3 is 0 Å². The van der Waals surface area contributed by atoms with Gasteiger partial charge in [0.25, 0.3) is 0 Å². The Morgan fingerprint density at radius 1 is 0.957 bits per heavy atom. The van der Waals surface area contributed by atoms with Crippen molar-refractivity contribution in [1.29, 1.82) is 0 Å². The van der Waals surface area contributed by atoms with Crippen LogP contribution in [-0.4, -0.2) is 12.4 Å². The third-order valence-electron chi connectivity index (χ3n) is 3.65. The SMILES string of the molecule is CCOc1ccccc1C(=O)/C=C/c1ccc2ccccc2c1. The van der Waals surface area contributed by atoms with Gasteiger partial charge in [0.1, 0.15) is 5.75 Å². The van der Waals surface area contributed by atoms with Gasteiger partial charge in [-0.15, -0.1) is 0 Å². The quantitative estimate of drug-likeness (QED) is 0.482. The summed E-state index contributed by atoms with van der Waals surface area (Å²) in [5.74, 6) is 0.574. The number of ether oxygens (including phenoxy) is 1. The van der Waals surface area contributed by atoms with E-state index < -0.39 is 0 Å². The number of hydrogen-bond donors (Lipinski definition) is 0. The zero-order chi connectivity index (χ0) is 16.1. The van der Waals surface area contributed by atoms with E-state index in [-0.39, 0.29) is 5.78 Å². The summed E-state index contributed by atoms with van der Waals surface area (Å²) in [6.07, 6.45) is 3.44. The number of para-hydroxylation sites is 1. The molecule has 2 nitrogen and oxygen atoms in total. The number of carbonyl (C=O) groups is 1. The number of benzene rings is 3. The third kappa shape index (κ3) is 3.49. The highest BCUT2D eigenvalue weighted by Gasteiger charge is 2.08. The lowest BCUT2D eigenvalue weighted by Crippen LogP contribution is -2.01. The van der Waals surface area contributed by atoms with Crippen LogP contribution in [0.2, 0.25) is 0 Å². The van der Waals surface area contributed by atoms with Crippen molar-refractivity contribution in [2.75, 3.05) is 6.61 Å². The van der Waals surface area contributed by atoms with Crippen molar-refractivity contribution >= 4 is 22.6 Å². The van der Waals surface area contributed by atoms with Gasteiger partial charge in [-0.25, -0.2) is 0 Å². The first-order chi connectivity index (χ1) is 11.3. The molecule has 114 valence electrons. The molecule has 0 radical (unpaired) electrons. The van der Waals surface area contributed by atoms with E-state index in [0.717, 1.165) is 10.9 Å². The molecule has 3 aromatic rings. The monoisotopic (exact) mass is 302 g/mol. The van der Waals surface area contributed by atoms with Crippen molar-refractivity contribution in [3.05, 3.63) is 83.9 Å². The van der Waals surface area contributed by atoms with Crippen LogP contribution in [0.3, 0.4) is 0 Å². The van der Waals surface area contributed by atoms with Gasteiger partial charge in [-0.1, -0.05) is 54.6 Å². The van der Waals surface area contributed by atoms with E-state index >= 15 is 0 Å². The topological polar surface area (TPSA) is 26.3 Å². The van der Waals surface area contributed by atoms with Crippen molar-refractivity contribution < 1.29 is 9.53 Å². The van der Waals surface area contributed by atoms with Crippen molar-refractivity contribution in [2.24, 2.45) is 0 Å². The van der Waals surface area contributed by atoms with Gasteiger partial charge in [-0.2, -0.15) is 0 Å². The second kappa shape index (κ2) is 6.93. The number of fused-ring (bicyclic) bond motifs is 1. The standard InChI is InChI=1S/C21H18O2/c1-2-23-21-10-6-5-9-19(21)20(22)14-12-16-11-13-17-7-3-4-8-18(17)15-16/h3-15H,2H2,1H3/b14-12+. The molecule has 0 fully saturated rings. The summed E-state index contributed by atoms with van der Waals surface area (Å²) < 4.78 is 5.51. The predicted octanol–water partition coefficient (Wildman–Crippen LogP) is 5.13. The summed E-state index contributed by atoms with van der Waals surface area (Å²) in [4.78, 5) is 12.4. The minimum Gasteiger partial charge on any atom is -0.493 e. The van der Waals surface area contributed by atoms with Crippen LogP contribution >= 0.6 is 0 Å². The summed E-state index contributed by atoms with van der Waals surface area (Å²) in [5, 5.41) is 2.36. The Balaban J connectivity index is 1.85. The molecule has 3 rings (SSSR count). The highest BCUT2D eigenvalue weighted by atomic mass is 16.5. The summed E-state index contributed by atoms with van der Waals surface area (Å²) in [7, 11) is 0. The Morgan fingerprint density at radius 3 is 2.52 bits per heavy atom. The van der Waals surface area contributed by atoms with E-state index in [9.17, 15) is 4.79 Å². The molecular formula is C21H18O2. The molecule has 0 atom stereocenters. The van der Waals surface area contributed by atoms with E-state index in [1.807, 2.05) is 49.4 Å². The van der Waals surface area contributed by atoms with Crippen molar-refractivity contribution in [3.63, 3.8) is 0 Å². The van der Waals surface area contributed by atoms with Crippen molar-refractivity contribution in [2.45, 2.75) is 6.92 Å². The van der Waals surface area contributed by atoms with E-state index in [0.29, 0.717) is 17.9 Å². The van der Waals surface area contributed by atoms with Gasteiger partial charge in [0.15, 0.2) is 5.78 Å². The minimum absolute atomic E-state index is 0.0535. The van der Waals surface area contributed by atoms with Gasteiger partial charge < -0.3 is 4.74 Å². The van der Waals surface area contributed by atoms with Gasteiger partial charge in [0, 0.05) is 0 Å². The second-order valence-electron chi connectivity index (χ2n) is 5.23. The fraction of sp³-hybridized carbons (Fsp3) is 0.0952. The van der Waals surface area contributed by atoms with Crippen LogP contribution in [0, 0.1) is 0 Å². The van der Waals surface area contributed by atoms with Gasteiger partial charge in [-0.3, -0.25) is 4.79 Å². The average molecular weight is 302 g/mol. The third-order valence-corrected chi connectivity index (χ3v) is 3.65. The zero-order valence-corrected chi connectivity index (χ0v) is 13.0. The van der Waals surface area contributed by atoms with Crippen LogP contribution in [0.4, 0.5) is 0 Å². The number of carbonyl (C=O) groups excluding carboxylic acids is 1. The Kier molecular flexibility index (Phi) is 4.53. The van der Waals surface area contributed by atoms with Crippen molar-refractivity contribution in [3.8, 4) is 5.75 Å². The number of ketones is 1. The molecule has 3 aromatic carbocycles. The maximum atomic E-state index is 12.4. The first-order valence-corrected chi connectivity index (χ1v) is 7.71. The van der Waals surface area contributed by atoms with Crippen molar-refractivity contribution in [1.82, 2.24) is 0 Å². The predicted molar refractivity (Wildman–Crippen MR) is 94.9 cm³/mol. The molecule has 2 heteroatoms.